The number of nitrogens with two attached hydrogens (primary N) is 1. The number of hydrogen-bond acceptors (Lipinski definition) is 7. The van der Waals surface area contributed by atoms with E-state index in [2.05, 4.69) is 26.3 Å². The summed E-state index contributed by atoms with van der Waals surface area (Å²) < 4.78 is 4.74. The zero-order valence-corrected chi connectivity index (χ0v) is 14.6. The molecule has 0 aliphatic heterocycles. The Bertz CT molecular complexity index is 889. The topological polar surface area (TPSA) is 103 Å². The number of thiazole rings is 1. The SMILES string of the molecule is Cc1cc(C)cc(Nc2nccc(-c3nc(COC(N)=O)cs3)n2)c1. The van der Waals surface area contributed by atoms with Crippen LogP contribution in [0.4, 0.5) is 16.4 Å². The normalized spacial score (nSPS) is 10.5. The lowest BCUT2D eigenvalue weighted by Gasteiger charge is -2.07. The predicted molar refractivity (Wildman–Crippen MR) is 96.7 cm³/mol. The zero-order valence-electron chi connectivity index (χ0n) is 13.8. The summed E-state index contributed by atoms with van der Waals surface area (Å²) in [6, 6.07) is 7.95. The van der Waals surface area contributed by atoms with E-state index in [1.807, 2.05) is 26.0 Å². The van der Waals surface area contributed by atoms with Crippen LogP contribution in [-0.2, 0) is 11.3 Å². The maximum Gasteiger partial charge on any atom is 0.404 e. The van der Waals surface area contributed by atoms with Gasteiger partial charge in [0.2, 0.25) is 5.95 Å². The van der Waals surface area contributed by atoms with Gasteiger partial charge in [0.1, 0.15) is 17.3 Å². The molecule has 8 heteroatoms. The average Bonchev–Trinajstić information content (AvgIpc) is 3.01. The van der Waals surface area contributed by atoms with Gasteiger partial charge in [-0.2, -0.15) is 0 Å². The number of carbonyl (C=O) groups is 1. The third-order valence-electron chi connectivity index (χ3n) is 3.27. The quantitative estimate of drug-likeness (QED) is 0.725. The van der Waals surface area contributed by atoms with Gasteiger partial charge >= 0.3 is 6.09 Å². The lowest BCUT2D eigenvalue weighted by Crippen LogP contribution is -2.12. The number of benzene rings is 1. The van der Waals surface area contributed by atoms with Gasteiger partial charge in [-0.05, 0) is 43.2 Å². The van der Waals surface area contributed by atoms with Crippen molar-refractivity contribution >= 4 is 29.1 Å². The highest BCUT2D eigenvalue weighted by molar-refractivity contribution is 7.13. The van der Waals surface area contributed by atoms with Gasteiger partial charge in [0, 0.05) is 17.3 Å². The third-order valence-corrected chi connectivity index (χ3v) is 4.18. The molecule has 3 rings (SSSR count). The minimum atomic E-state index is -0.823. The molecule has 3 aromatic rings. The molecule has 0 spiro atoms. The molecule has 0 atom stereocenters. The molecular weight excluding hydrogens is 338 g/mol. The second kappa shape index (κ2) is 7.27. The van der Waals surface area contributed by atoms with E-state index in [1.165, 1.54) is 11.3 Å². The minimum absolute atomic E-state index is 0.0462. The highest BCUT2D eigenvalue weighted by Crippen LogP contribution is 2.24. The van der Waals surface area contributed by atoms with Gasteiger partial charge in [-0.3, -0.25) is 0 Å². The largest absolute Gasteiger partial charge is 0.443 e. The number of aryl methyl sites for hydroxylation is 2. The molecule has 0 aliphatic rings. The lowest BCUT2D eigenvalue weighted by molar-refractivity contribution is 0.149. The van der Waals surface area contributed by atoms with E-state index in [9.17, 15) is 4.79 Å². The monoisotopic (exact) mass is 355 g/mol. The summed E-state index contributed by atoms with van der Waals surface area (Å²) in [6.07, 6.45) is 0.852. The van der Waals surface area contributed by atoms with Crippen LogP contribution < -0.4 is 11.1 Å². The number of aromatic nitrogens is 3. The molecule has 25 heavy (non-hydrogen) atoms. The van der Waals surface area contributed by atoms with Crippen LogP contribution in [0.5, 0.6) is 0 Å². The van der Waals surface area contributed by atoms with Crippen molar-refractivity contribution in [2.45, 2.75) is 20.5 Å². The molecule has 1 amide bonds. The first-order valence-corrected chi connectivity index (χ1v) is 8.43. The first kappa shape index (κ1) is 16.8. The molecule has 2 heterocycles. The van der Waals surface area contributed by atoms with Crippen molar-refractivity contribution in [3.05, 3.63) is 52.7 Å². The average molecular weight is 355 g/mol. The van der Waals surface area contributed by atoms with Gasteiger partial charge in [0.25, 0.3) is 0 Å². The van der Waals surface area contributed by atoms with Crippen molar-refractivity contribution in [2.75, 3.05) is 5.32 Å². The molecule has 0 bridgehead atoms. The van der Waals surface area contributed by atoms with Gasteiger partial charge in [-0.1, -0.05) is 6.07 Å². The molecule has 3 N–H and O–H groups in total. The van der Waals surface area contributed by atoms with Crippen molar-refractivity contribution < 1.29 is 9.53 Å². The van der Waals surface area contributed by atoms with E-state index in [4.69, 9.17) is 10.5 Å². The van der Waals surface area contributed by atoms with Crippen LogP contribution in [0, 0.1) is 13.8 Å². The fourth-order valence-corrected chi connectivity index (χ4v) is 3.12. The first-order valence-electron chi connectivity index (χ1n) is 7.55. The van der Waals surface area contributed by atoms with Crippen LogP contribution in [0.25, 0.3) is 10.7 Å². The Kier molecular flexibility index (Phi) is 4.90. The summed E-state index contributed by atoms with van der Waals surface area (Å²) in [7, 11) is 0. The van der Waals surface area contributed by atoms with E-state index in [-0.39, 0.29) is 6.61 Å². The van der Waals surface area contributed by atoms with Crippen molar-refractivity contribution in [3.8, 4) is 10.7 Å². The van der Waals surface area contributed by atoms with Crippen molar-refractivity contribution in [1.29, 1.82) is 0 Å². The molecule has 0 aliphatic carbocycles. The van der Waals surface area contributed by atoms with E-state index in [0.29, 0.717) is 22.3 Å². The third kappa shape index (κ3) is 4.51. The Morgan fingerprint density at radius 2 is 2.00 bits per heavy atom. The van der Waals surface area contributed by atoms with Crippen LogP contribution in [0.1, 0.15) is 16.8 Å². The van der Waals surface area contributed by atoms with Gasteiger partial charge < -0.3 is 15.8 Å². The lowest BCUT2D eigenvalue weighted by atomic mass is 10.1. The number of nitrogens with zero attached hydrogens (tertiary/aromatic N) is 3. The number of rotatable bonds is 5. The van der Waals surface area contributed by atoms with E-state index >= 15 is 0 Å². The molecule has 0 fully saturated rings. The molecule has 0 saturated heterocycles. The van der Waals surface area contributed by atoms with Gasteiger partial charge in [0.05, 0.1) is 5.69 Å². The molecule has 7 nitrogen and oxygen atoms in total. The van der Waals surface area contributed by atoms with E-state index < -0.39 is 6.09 Å². The first-order chi connectivity index (χ1) is 12.0. The van der Waals surface area contributed by atoms with Crippen LogP contribution in [0.3, 0.4) is 0 Å². The van der Waals surface area contributed by atoms with Gasteiger partial charge in [-0.15, -0.1) is 11.3 Å². The summed E-state index contributed by atoms with van der Waals surface area (Å²) >= 11 is 1.41. The summed E-state index contributed by atoms with van der Waals surface area (Å²) in [6.45, 7) is 4.13. The molecule has 0 saturated carbocycles. The fourth-order valence-electron chi connectivity index (χ4n) is 2.35. The van der Waals surface area contributed by atoms with Gasteiger partial charge in [-0.25, -0.2) is 19.7 Å². The molecule has 0 unspecified atom stereocenters. The number of nitrogens with one attached hydrogen (secondary N) is 1. The molecule has 128 valence electrons. The Morgan fingerprint density at radius 3 is 2.72 bits per heavy atom. The van der Waals surface area contributed by atoms with Crippen molar-refractivity contribution in [3.63, 3.8) is 0 Å². The van der Waals surface area contributed by atoms with Crippen LogP contribution in [-0.4, -0.2) is 21.0 Å². The van der Waals surface area contributed by atoms with Crippen LogP contribution >= 0.6 is 11.3 Å². The van der Waals surface area contributed by atoms with Crippen molar-refractivity contribution in [2.24, 2.45) is 5.73 Å². The second-order valence-corrected chi connectivity index (χ2v) is 6.38. The maximum absolute atomic E-state index is 10.7. The number of anilines is 2. The Balaban J connectivity index is 1.78. The molecular formula is C17H17N5O2S. The predicted octanol–water partition coefficient (Wildman–Crippen LogP) is 3.56. The summed E-state index contributed by atoms with van der Waals surface area (Å²) in [5, 5.41) is 5.73. The fraction of sp³-hybridized carbons (Fsp3) is 0.176. The second-order valence-electron chi connectivity index (χ2n) is 5.52. The Labute approximate surface area is 148 Å². The standard InChI is InChI=1S/C17H17N5O2S/c1-10-5-11(2)7-12(6-10)21-17-19-4-3-14(22-17)15-20-13(9-25-15)8-24-16(18)23/h3-7,9H,8H2,1-2H3,(H2,18,23)(H,19,21,22). The number of ether oxygens (including phenoxy) is 1. The van der Waals surface area contributed by atoms with Crippen LogP contribution in [0.15, 0.2) is 35.8 Å². The minimum Gasteiger partial charge on any atom is -0.443 e. The summed E-state index contributed by atoms with van der Waals surface area (Å²) in [5.41, 5.74) is 9.54. The number of carbonyl (C=O) groups excluding carboxylic acids is 1. The highest BCUT2D eigenvalue weighted by atomic mass is 32.1. The Morgan fingerprint density at radius 1 is 1.24 bits per heavy atom. The smallest absolute Gasteiger partial charge is 0.404 e. The number of primary amides is 1. The highest BCUT2D eigenvalue weighted by Gasteiger charge is 2.09. The number of amides is 1. The van der Waals surface area contributed by atoms with E-state index in [1.54, 1.807) is 17.6 Å². The molecule has 1 aromatic carbocycles. The maximum atomic E-state index is 10.7. The molecule has 2 aromatic heterocycles. The summed E-state index contributed by atoms with van der Waals surface area (Å²) in [5.74, 6) is 0.493. The van der Waals surface area contributed by atoms with Crippen LogP contribution in [0.2, 0.25) is 0 Å². The van der Waals surface area contributed by atoms with E-state index in [0.717, 1.165) is 16.8 Å². The Hall–Kier alpha value is -3.00. The number of hydrogen-bond donors (Lipinski definition) is 2. The summed E-state index contributed by atoms with van der Waals surface area (Å²) in [4.78, 5) is 23.8. The zero-order chi connectivity index (χ0) is 17.8. The van der Waals surface area contributed by atoms with Gasteiger partial charge in [0.15, 0.2) is 0 Å². The molecule has 0 radical (unpaired) electrons. The van der Waals surface area contributed by atoms with Crippen molar-refractivity contribution in [1.82, 2.24) is 15.0 Å².